The summed E-state index contributed by atoms with van der Waals surface area (Å²) in [6, 6.07) is 11.3. The Bertz CT molecular complexity index is 4950. The third-order valence-electron chi connectivity index (χ3n) is 23.3. The molecule has 0 saturated carbocycles. The number of nitrogens with one attached hydrogen (secondary N) is 3. The molecule has 6 aliphatic rings. The highest BCUT2D eigenvalue weighted by atomic mass is 31.2. The number of para-hydroxylation sites is 1. The fraction of sp³-hybridized carbons (Fsp3) is 0.618. The summed E-state index contributed by atoms with van der Waals surface area (Å²) in [5.74, 6) is 4.82. The molecule has 15 rings (SSSR count). The van der Waals surface area contributed by atoms with E-state index >= 15 is 0 Å². The summed E-state index contributed by atoms with van der Waals surface area (Å²) in [5, 5.41) is 0. The molecule has 21 atom stereocenters. The number of anilines is 4. The Kier molecular flexibility index (Phi) is 28.4. The molecule has 6 fully saturated rings. The number of phosphoric acid groups is 1. The number of hydrogen-bond donors (Lipinski definition) is 8. The number of nitrogen functional groups attached to an aromatic ring is 4. The number of nitrogens with two attached hydrogens (primary N) is 4. The maximum Gasteiger partial charge on any atom is 0.527 e. The van der Waals surface area contributed by atoms with Gasteiger partial charge < -0.3 is 55.9 Å². The summed E-state index contributed by atoms with van der Waals surface area (Å²) in [7, 11) is -2.78. The van der Waals surface area contributed by atoms with E-state index in [4.69, 9.17) is 56.2 Å². The van der Waals surface area contributed by atoms with Crippen LogP contribution in [-0.4, -0.2) is 132 Å². The van der Waals surface area contributed by atoms with Gasteiger partial charge in [0.1, 0.15) is 54.4 Å². The molecule has 0 amide bonds. The molecule has 35 nitrogen and oxygen atoms in total. The molecule has 9 aromatic rings. The van der Waals surface area contributed by atoms with Crippen molar-refractivity contribution in [3.63, 3.8) is 0 Å². The lowest BCUT2D eigenvalue weighted by Gasteiger charge is -2.37. The van der Waals surface area contributed by atoms with Gasteiger partial charge >= 0.3 is 19.2 Å². The Labute approximate surface area is 649 Å². The van der Waals surface area contributed by atoms with Crippen LogP contribution in [0.3, 0.4) is 0 Å². The zero-order chi connectivity index (χ0) is 81.2. The van der Waals surface area contributed by atoms with Gasteiger partial charge in [-0.3, -0.25) is 61.6 Å². The van der Waals surface area contributed by atoms with Gasteiger partial charge in [0, 0.05) is 68.2 Å². The van der Waals surface area contributed by atoms with Crippen LogP contribution in [0, 0.1) is 53.3 Å². The first-order chi connectivity index (χ1) is 53.6. The minimum absolute atomic E-state index is 0.0239. The van der Waals surface area contributed by atoms with Crippen LogP contribution < -0.4 is 55.5 Å². The van der Waals surface area contributed by atoms with E-state index in [1.54, 1.807) is 70.7 Å². The fourth-order valence-electron chi connectivity index (χ4n) is 17.5. The Balaban J connectivity index is 0.000000144. The van der Waals surface area contributed by atoms with Crippen LogP contribution in [-0.2, 0) is 37.5 Å². The van der Waals surface area contributed by atoms with Crippen molar-refractivity contribution in [1.82, 2.24) is 77.7 Å². The number of aromatic nitrogens is 16. The van der Waals surface area contributed by atoms with Crippen LogP contribution in [0.5, 0.6) is 5.75 Å². The molecule has 0 spiro atoms. The van der Waals surface area contributed by atoms with Crippen LogP contribution >= 0.6 is 7.82 Å². The Morgan fingerprint density at radius 1 is 0.527 bits per heavy atom. The third kappa shape index (κ3) is 18.0. The third-order valence-corrected chi connectivity index (χ3v) is 24.2. The maximum atomic E-state index is 12.0. The van der Waals surface area contributed by atoms with Crippen molar-refractivity contribution in [2.24, 2.45) is 53.3 Å². The second kappa shape index (κ2) is 37.3. The molecule has 0 aliphatic carbocycles. The smallest absolute Gasteiger partial charge is 0.404 e. The molecule has 14 heterocycles. The van der Waals surface area contributed by atoms with Gasteiger partial charge in [0.15, 0.2) is 40.0 Å². The minimum Gasteiger partial charge on any atom is -0.404 e. The van der Waals surface area contributed by atoms with Gasteiger partial charge in [-0.05, 0) is 80.4 Å². The largest absolute Gasteiger partial charge is 0.527 e. The van der Waals surface area contributed by atoms with Gasteiger partial charge in [-0.1, -0.05) is 141 Å². The van der Waals surface area contributed by atoms with Crippen molar-refractivity contribution in [3.05, 3.63) is 132 Å². The number of aromatic amines is 3. The summed E-state index contributed by atoms with van der Waals surface area (Å²) in [6.45, 7) is 30.9. The van der Waals surface area contributed by atoms with E-state index < -0.39 is 13.5 Å². The van der Waals surface area contributed by atoms with Gasteiger partial charge in [-0.15, -0.1) is 0 Å². The van der Waals surface area contributed by atoms with E-state index in [0.29, 0.717) is 93.9 Å². The van der Waals surface area contributed by atoms with Crippen LogP contribution in [0.1, 0.15) is 199 Å². The molecule has 0 radical (unpaired) electrons. The van der Waals surface area contributed by atoms with Gasteiger partial charge in [0.05, 0.1) is 49.0 Å². The zero-order valence-corrected chi connectivity index (χ0v) is 67.6. The molecule has 6 aliphatic heterocycles. The van der Waals surface area contributed by atoms with Crippen molar-refractivity contribution >= 4 is 64.8 Å². The zero-order valence-electron chi connectivity index (χ0n) is 66.7. The van der Waals surface area contributed by atoms with E-state index in [1.807, 2.05) is 9.13 Å². The predicted molar refractivity (Wildman–Crippen MR) is 423 cm³/mol. The fourth-order valence-corrected chi connectivity index (χ4v) is 17.9. The quantitative estimate of drug-likeness (QED) is 0.0370. The van der Waals surface area contributed by atoms with Gasteiger partial charge in [0.25, 0.3) is 16.7 Å². The molecular weight excluding hydrogens is 1460 g/mol. The summed E-state index contributed by atoms with van der Waals surface area (Å²) in [4.78, 5) is 108. The molecule has 36 heteroatoms. The topological polar surface area (TPSA) is 476 Å². The lowest BCUT2D eigenvalue weighted by molar-refractivity contribution is -0.0901. The molecule has 6 saturated heterocycles. The number of imidazole rings is 3. The molecule has 8 aromatic heterocycles. The Morgan fingerprint density at radius 2 is 0.973 bits per heavy atom. The molecule has 12 N–H and O–H groups in total. The monoisotopic (exact) mass is 1580 g/mol. The van der Waals surface area contributed by atoms with Crippen molar-refractivity contribution in [3.8, 4) is 5.75 Å². The first-order valence-corrected chi connectivity index (χ1v) is 40.7. The first-order valence-electron chi connectivity index (χ1n) is 39.2. The van der Waals surface area contributed by atoms with Crippen LogP contribution in [0.15, 0.2) is 104 Å². The molecule has 612 valence electrons. The number of fused-ring (bicyclic) bond motifs is 5. The van der Waals surface area contributed by atoms with Gasteiger partial charge in [0.2, 0.25) is 11.9 Å². The molecular formula is C76H113N20O15P. The number of phosphoric ester groups is 1. The van der Waals surface area contributed by atoms with Crippen molar-refractivity contribution in [1.29, 1.82) is 0 Å². The summed E-state index contributed by atoms with van der Waals surface area (Å²) in [6.07, 6.45) is 20.5. The normalized spacial score (nSPS) is 29.6. The lowest BCUT2D eigenvalue weighted by Crippen LogP contribution is -2.43. The number of ether oxygens (including phenoxy) is 6. The van der Waals surface area contributed by atoms with Crippen LogP contribution in [0.2, 0.25) is 0 Å². The second-order valence-corrected chi connectivity index (χ2v) is 30.9. The van der Waals surface area contributed by atoms with E-state index in [-0.39, 0.29) is 113 Å². The number of rotatable bonds is 18. The highest BCUT2D eigenvalue weighted by molar-refractivity contribution is 7.47. The SMILES string of the molecule is CCC1[C@@H](CC)O[C@@H](n2ccc(=O)[nH]c2=O)[C@H]1C.CCC1[C@@H](CC)O[C@@H](n2ccc(N)nc2=O)[C@H]1C.CCC1[C@@H](CC)O[C@@H](n2cnc3c(=O)[nH]c(N)nc32)[C@H]1C.CCC1[C@@H](CC)O[C@@H](n2cnc3c(N)ncnc32)[C@H]1C.CCC1[C@@H]2OCC[C@]1(CC)O[C@H]2n1cnc2c(=O)[nH]c(N)nc21.COP(=O)(O)Oc1ccccc1. The van der Waals surface area contributed by atoms with Crippen molar-refractivity contribution in [2.45, 2.75) is 235 Å². The van der Waals surface area contributed by atoms with Crippen molar-refractivity contribution in [2.75, 3.05) is 36.7 Å². The van der Waals surface area contributed by atoms with Gasteiger partial charge in [-0.2, -0.15) is 15.0 Å². The molecule has 2 bridgehead atoms. The van der Waals surface area contributed by atoms with E-state index in [9.17, 15) is 28.5 Å². The number of hydrogen-bond acceptors (Lipinski definition) is 26. The highest BCUT2D eigenvalue weighted by Gasteiger charge is 2.57. The lowest BCUT2D eigenvalue weighted by atomic mass is 9.78. The minimum atomic E-state index is -3.90. The van der Waals surface area contributed by atoms with E-state index in [2.05, 4.69) is 161 Å². The van der Waals surface area contributed by atoms with Gasteiger partial charge in [-0.25, -0.2) is 39.1 Å². The van der Waals surface area contributed by atoms with Crippen molar-refractivity contribution < 1.29 is 46.9 Å². The summed E-state index contributed by atoms with van der Waals surface area (Å²) < 4.78 is 65.3. The average Bonchev–Trinajstić information content (AvgIpc) is 1.58. The molecule has 112 heavy (non-hydrogen) atoms. The van der Waals surface area contributed by atoms with E-state index in [0.717, 1.165) is 83.4 Å². The number of H-pyrrole nitrogens is 3. The van der Waals surface area contributed by atoms with Crippen LogP contribution in [0.25, 0.3) is 33.5 Å². The second-order valence-electron chi connectivity index (χ2n) is 29.4. The average molecular weight is 1580 g/mol. The number of nitrogens with zero attached hydrogens (tertiary/aromatic N) is 13. The molecule has 1 aromatic carbocycles. The Hall–Kier alpha value is -9.06. The maximum absolute atomic E-state index is 12.0. The van der Waals surface area contributed by atoms with Crippen LogP contribution in [0.4, 0.5) is 23.5 Å². The number of benzene rings is 1. The Morgan fingerprint density at radius 3 is 1.39 bits per heavy atom. The summed E-state index contributed by atoms with van der Waals surface area (Å²) >= 11 is 0. The standard InChI is InChI=1S/C15H21N5O3.C14H21N5O2.C14H21N5O.C13H21N3O2.C13H20N2O3.C7H9O4P/c1-3-8-10-13(23-15(8,4-2)5-6-22-10)20-7-17-9-11(20)18-14(16)19-12(9)21;1-4-8-7(3)13(21-9(8)5-2)19-6-16-10-11(19)17-14(15)18-12(10)20;1-4-9-8(3)14(20-10(9)5-2)19-7-18-11-12(15)16-6-17-13(11)19;1-4-9-8(3)12(18-10(9)5-2)16-7-6-11(14)15-13(16)17;1-4-9-8(3)12(18-10(9)5-2)15-7-6-11(16)14-13(15)17;1-10-12(8,9)11-7-5-3-2-4-6-7/h7-8,10,13H,3-6H2,1-2H3,(H3,16,18,19,21);6-9,13H,4-5H2,1-3H3,(H3,15,17,18,20);6-10,14H,4-5H2,1-3H3,(H2,15,16,17);6-10,12H,4-5H2,1-3H3,(H2,14,15,17);6-10,12H,4-5H2,1-3H3,(H,14,16,17);2-6H,1H3,(H,8,9)/t8?,10-,13+,15-;7-,8?,9+,13+;8-,9?,10+,14+;2*8-,9?,10+,12+;/m00000./s1. The highest BCUT2D eigenvalue weighted by Crippen LogP contribution is 2.53. The summed E-state index contributed by atoms with van der Waals surface area (Å²) in [5.41, 5.74) is 23.6. The first kappa shape index (κ1) is 85.4. The molecule has 6 unspecified atom stereocenters. The predicted octanol–water partition coefficient (Wildman–Crippen LogP) is 10.4. The van der Waals surface area contributed by atoms with E-state index in [1.165, 1.54) is 23.2 Å².